The van der Waals surface area contributed by atoms with Gasteiger partial charge in [-0.15, -0.1) is 0 Å². The normalized spacial score (nSPS) is 12.1. The predicted octanol–water partition coefficient (Wildman–Crippen LogP) is 1.02. The first-order chi connectivity index (χ1) is 9.33. The number of fused-ring (bicyclic) bond motifs is 2. The highest BCUT2D eigenvalue weighted by molar-refractivity contribution is 5.77. The Hall–Kier alpha value is -2.89. The number of urea groups is 1. The molecule has 1 aliphatic rings. The summed E-state index contributed by atoms with van der Waals surface area (Å²) in [5, 5.41) is 11.7. The summed E-state index contributed by atoms with van der Waals surface area (Å²) in [5.41, 5.74) is 1.83. The number of hydrogen-bond donors (Lipinski definition) is 1. The summed E-state index contributed by atoms with van der Waals surface area (Å²) in [4.78, 5) is 17.9. The molecule has 1 N–H and O–H groups in total. The molecular weight excluding hydrogens is 242 g/mol. The average Bonchev–Trinajstić information content (AvgIpc) is 3.03. The molecule has 2 amide bonds. The third-order valence-corrected chi connectivity index (χ3v) is 2.54. The summed E-state index contributed by atoms with van der Waals surface area (Å²) in [7, 11) is 0. The Morgan fingerprint density at radius 1 is 0.737 bits per heavy atom. The van der Waals surface area contributed by atoms with Crippen molar-refractivity contribution in [2.75, 3.05) is 0 Å². The molecule has 4 rings (SSSR count). The maximum absolute atomic E-state index is 10.6. The molecule has 1 aliphatic heterocycles. The van der Waals surface area contributed by atoms with Gasteiger partial charge in [-0.05, 0) is 24.3 Å². The van der Waals surface area contributed by atoms with Crippen LogP contribution in [-0.4, -0.2) is 21.4 Å². The van der Waals surface area contributed by atoms with Crippen LogP contribution in [0.25, 0.3) is 11.0 Å². The predicted molar refractivity (Wildman–Crippen MR) is 68.0 cm³/mol. The van der Waals surface area contributed by atoms with E-state index < -0.39 is 6.03 Å². The fraction of sp³-hybridized carbons (Fsp3) is 0. The van der Waals surface area contributed by atoms with E-state index in [-0.39, 0.29) is 0 Å². The third-order valence-electron chi connectivity index (χ3n) is 2.54. The number of benzene rings is 2. The van der Waals surface area contributed by atoms with E-state index in [0.29, 0.717) is 10.7 Å². The standard InChI is InChI=1S/C7H4N2O.C6H5N3/c10-7-8-5-3-1-2-4-6(5)9-7;1-2-4-6-5(3-1)7-9-8-6/h1-4H;1-4H,(H,7,8,9). The fourth-order valence-corrected chi connectivity index (χ4v) is 1.67. The number of hydrogen-bond acceptors (Lipinski definition) is 3. The molecule has 0 saturated carbocycles. The number of aromatic nitrogens is 3. The quantitative estimate of drug-likeness (QED) is 0.647. The van der Waals surface area contributed by atoms with Crippen molar-refractivity contribution in [2.24, 2.45) is 9.98 Å². The number of carbonyl (C=O) groups is 1. The van der Waals surface area contributed by atoms with Crippen LogP contribution in [0.2, 0.25) is 0 Å². The van der Waals surface area contributed by atoms with E-state index in [4.69, 9.17) is 0 Å². The van der Waals surface area contributed by atoms with Gasteiger partial charge in [0, 0.05) is 0 Å². The highest BCUT2D eigenvalue weighted by Crippen LogP contribution is 2.03. The largest absolute Gasteiger partial charge is 0.368 e. The second-order valence-corrected chi connectivity index (χ2v) is 3.81. The van der Waals surface area contributed by atoms with E-state index in [2.05, 4.69) is 25.4 Å². The van der Waals surface area contributed by atoms with Gasteiger partial charge in [0.1, 0.15) is 11.0 Å². The number of carbonyl (C=O) groups excluding carboxylic acids is 1. The van der Waals surface area contributed by atoms with Crippen molar-refractivity contribution < 1.29 is 4.79 Å². The molecule has 2 aromatic carbocycles. The molecule has 6 nitrogen and oxygen atoms in total. The lowest BCUT2D eigenvalue weighted by Crippen LogP contribution is -2.19. The third kappa shape index (κ3) is 2.37. The van der Waals surface area contributed by atoms with E-state index in [1.165, 1.54) is 0 Å². The zero-order chi connectivity index (χ0) is 13.1. The second kappa shape index (κ2) is 4.77. The van der Waals surface area contributed by atoms with Crippen LogP contribution in [0.1, 0.15) is 0 Å². The Kier molecular flexibility index (Phi) is 2.82. The van der Waals surface area contributed by atoms with Gasteiger partial charge in [-0.3, -0.25) is 0 Å². The summed E-state index contributed by atoms with van der Waals surface area (Å²) in [6, 6.07) is 14.5. The van der Waals surface area contributed by atoms with Gasteiger partial charge in [-0.2, -0.15) is 25.4 Å². The molecule has 1 aromatic heterocycles. The van der Waals surface area contributed by atoms with Crippen LogP contribution >= 0.6 is 0 Å². The molecule has 2 heterocycles. The molecule has 6 heteroatoms. The number of H-pyrrole nitrogens is 1. The Morgan fingerprint density at radius 2 is 1.21 bits per heavy atom. The van der Waals surface area contributed by atoms with Crippen molar-refractivity contribution in [1.29, 1.82) is 0 Å². The van der Waals surface area contributed by atoms with Crippen molar-refractivity contribution in [3.8, 4) is 0 Å². The summed E-state index contributed by atoms with van der Waals surface area (Å²) in [6.07, 6.45) is 0. The first-order valence-corrected chi connectivity index (χ1v) is 5.65. The van der Waals surface area contributed by atoms with Crippen molar-refractivity contribution in [3.63, 3.8) is 0 Å². The molecule has 0 aliphatic carbocycles. The number of amides is 2. The van der Waals surface area contributed by atoms with Gasteiger partial charge < -0.3 is 0 Å². The Labute approximate surface area is 107 Å². The van der Waals surface area contributed by atoms with Crippen LogP contribution in [0.3, 0.4) is 0 Å². The smallest absolute Gasteiger partial charge is 0.244 e. The van der Waals surface area contributed by atoms with Gasteiger partial charge in [0.25, 0.3) is 0 Å². The Morgan fingerprint density at radius 3 is 1.74 bits per heavy atom. The highest BCUT2D eigenvalue weighted by Gasteiger charge is 2.01. The van der Waals surface area contributed by atoms with Crippen LogP contribution in [0, 0.1) is 0 Å². The SMILES string of the molecule is O=C1N=c2ccccc2=N1.c1ccc2n[nH]nc2c1. The number of rotatable bonds is 0. The number of aromatic amines is 1. The van der Waals surface area contributed by atoms with Gasteiger partial charge in [-0.1, -0.05) is 24.3 Å². The number of nitrogens with one attached hydrogen (secondary N) is 1. The van der Waals surface area contributed by atoms with Crippen LogP contribution in [0.4, 0.5) is 4.79 Å². The number of nitrogens with zero attached hydrogens (tertiary/aromatic N) is 4. The molecule has 0 atom stereocenters. The molecule has 0 unspecified atom stereocenters. The second-order valence-electron chi connectivity index (χ2n) is 3.81. The van der Waals surface area contributed by atoms with Crippen molar-refractivity contribution in [1.82, 2.24) is 15.4 Å². The molecule has 3 aromatic rings. The molecule has 92 valence electrons. The molecule has 0 saturated heterocycles. The average molecular weight is 251 g/mol. The molecule has 0 bridgehead atoms. The minimum atomic E-state index is -0.402. The van der Waals surface area contributed by atoms with Crippen LogP contribution in [-0.2, 0) is 0 Å². The molecule has 19 heavy (non-hydrogen) atoms. The van der Waals surface area contributed by atoms with E-state index >= 15 is 0 Å². The molecule has 0 radical (unpaired) electrons. The zero-order valence-electron chi connectivity index (χ0n) is 9.82. The molecule has 0 spiro atoms. The van der Waals surface area contributed by atoms with Gasteiger partial charge in [0.15, 0.2) is 0 Å². The minimum absolute atomic E-state index is 0.402. The van der Waals surface area contributed by atoms with Gasteiger partial charge in [0.05, 0.1) is 10.7 Å². The lowest BCUT2D eigenvalue weighted by molar-refractivity contribution is 0.256. The van der Waals surface area contributed by atoms with Crippen molar-refractivity contribution in [3.05, 3.63) is 59.2 Å². The molecule has 0 fully saturated rings. The first kappa shape index (κ1) is 11.2. The Balaban J connectivity index is 0.000000117. The summed E-state index contributed by atoms with van der Waals surface area (Å²) in [5.74, 6) is 0. The maximum Gasteiger partial charge on any atom is 0.368 e. The molecular formula is C13H9N5O. The maximum atomic E-state index is 10.6. The zero-order valence-corrected chi connectivity index (χ0v) is 9.82. The van der Waals surface area contributed by atoms with Crippen LogP contribution in [0.15, 0.2) is 58.5 Å². The topological polar surface area (TPSA) is 83.4 Å². The van der Waals surface area contributed by atoms with Crippen molar-refractivity contribution >= 4 is 17.1 Å². The highest BCUT2D eigenvalue weighted by atomic mass is 16.2. The number of para-hydroxylation sites is 4. The van der Waals surface area contributed by atoms with E-state index in [1.54, 1.807) is 12.1 Å². The van der Waals surface area contributed by atoms with Gasteiger partial charge in [0.2, 0.25) is 0 Å². The summed E-state index contributed by atoms with van der Waals surface area (Å²) in [6.45, 7) is 0. The van der Waals surface area contributed by atoms with Gasteiger partial charge >= 0.3 is 6.03 Å². The van der Waals surface area contributed by atoms with Gasteiger partial charge in [-0.25, -0.2) is 4.79 Å². The lowest BCUT2D eigenvalue weighted by atomic mass is 10.3. The van der Waals surface area contributed by atoms with Crippen LogP contribution in [0.5, 0.6) is 0 Å². The lowest BCUT2D eigenvalue weighted by Gasteiger charge is -1.78. The fourth-order valence-electron chi connectivity index (χ4n) is 1.67. The van der Waals surface area contributed by atoms with Crippen molar-refractivity contribution in [2.45, 2.75) is 0 Å². The van der Waals surface area contributed by atoms with E-state index in [1.807, 2.05) is 36.4 Å². The Bertz CT molecular complexity index is 785. The van der Waals surface area contributed by atoms with Crippen LogP contribution < -0.4 is 10.7 Å². The first-order valence-electron chi connectivity index (χ1n) is 5.65. The monoisotopic (exact) mass is 251 g/mol. The minimum Gasteiger partial charge on any atom is -0.244 e. The summed E-state index contributed by atoms with van der Waals surface area (Å²) >= 11 is 0. The van der Waals surface area contributed by atoms with E-state index in [0.717, 1.165) is 11.0 Å². The summed E-state index contributed by atoms with van der Waals surface area (Å²) < 4.78 is 0. The van der Waals surface area contributed by atoms with E-state index in [9.17, 15) is 4.79 Å².